The third kappa shape index (κ3) is 4.74. The highest BCUT2D eigenvalue weighted by molar-refractivity contribution is 5.66. The number of benzene rings is 2. The Morgan fingerprint density at radius 3 is 2.52 bits per heavy atom. The van der Waals surface area contributed by atoms with Gasteiger partial charge in [0.25, 0.3) is 0 Å². The van der Waals surface area contributed by atoms with Gasteiger partial charge in [0.2, 0.25) is 0 Å². The van der Waals surface area contributed by atoms with Gasteiger partial charge in [-0.15, -0.1) is 0 Å². The Morgan fingerprint density at radius 2 is 1.81 bits per heavy atom. The molecule has 0 aliphatic carbocycles. The topological polar surface area (TPSA) is 80.3 Å². The second-order valence-corrected chi connectivity index (χ2v) is 6.46. The molecule has 6 nitrogen and oxygen atoms in total. The normalized spacial score (nSPS) is 12.4. The average Bonchev–Trinajstić information content (AvgIpc) is 3.00. The van der Waals surface area contributed by atoms with Gasteiger partial charge in [-0.1, -0.05) is 59.8 Å². The maximum Gasteiger partial charge on any atom is 0.441 e. The number of hydrogen-bond donors (Lipinski definition) is 2. The van der Waals surface area contributed by atoms with Gasteiger partial charge < -0.3 is 10.4 Å². The molecule has 0 amide bonds. The van der Waals surface area contributed by atoms with E-state index in [9.17, 15) is 9.90 Å². The molecule has 0 radical (unpaired) electrons. The highest BCUT2D eigenvalue weighted by Crippen LogP contribution is 2.19. The highest BCUT2D eigenvalue weighted by Gasteiger charge is 2.14. The third-order valence-electron chi connectivity index (χ3n) is 4.33. The lowest BCUT2D eigenvalue weighted by atomic mass is 10.1. The Bertz CT molecular complexity index is 954. The van der Waals surface area contributed by atoms with Crippen molar-refractivity contribution in [3.05, 3.63) is 81.6 Å². The molecule has 140 valence electrons. The number of aliphatic hydroxyl groups excluding tert-OH is 1. The van der Waals surface area contributed by atoms with E-state index in [1.54, 1.807) is 6.08 Å². The van der Waals surface area contributed by atoms with E-state index in [1.165, 1.54) is 4.57 Å². The number of para-hydroxylation sites is 1. The van der Waals surface area contributed by atoms with Gasteiger partial charge in [0, 0.05) is 12.2 Å². The van der Waals surface area contributed by atoms with Gasteiger partial charge in [0.15, 0.2) is 5.82 Å². The zero-order chi connectivity index (χ0) is 19.2. The van der Waals surface area contributed by atoms with Crippen molar-refractivity contribution in [2.45, 2.75) is 26.5 Å². The summed E-state index contributed by atoms with van der Waals surface area (Å²) in [7, 11) is 0. The van der Waals surface area contributed by atoms with E-state index in [0.29, 0.717) is 12.4 Å². The molecule has 2 aromatic carbocycles. The first-order valence-electron chi connectivity index (χ1n) is 8.82. The zero-order valence-corrected chi connectivity index (χ0v) is 15.4. The van der Waals surface area contributed by atoms with Crippen molar-refractivity contribution >= 4 is 17.8 Å². The molecule has 27 heavy (non-hydrogen) atoms. The molecular formula is C21H23N3O3. The SMILES string of the molecule is Cc1cccc(C)c1NCC(O)Cn1c(/C=C/c2ccccc2)noc1=O. The van der Waals surface area contributed by atoms with Crippen molar-refractivity contribution in [3.63, 3.8) is 0 Å². The number of anilines is 1. The molecule has 0 fully saturated rings. The maximum absolute atomic E-state index is 11.9. The Balaban J connectivity index is 1.68. The molecule has 0 spiro atoms. The maximum atomic E-state index is 11.9. The van der Waals surface area contributed by atoms with E-state index in [1.807, 2.05) is 68.5 Å². The van der Waals surface area contributed by atoms with E-state index in [2.05, 4.69) is 10.5 Å². The molecule has 0 saturated heterocycles. The predicted molar refractivity (Wildman–Crippen MR) is 107 cm³/mol. The van der Waals surface area contributed by atoms with Gasteiger partial charge in [0.1, 0.15) is 0 Å². The molecular weight excluding hydrogens is 342 g/mol. The van der Waals surface area contributed by atoms with Gasteiger partial charge in [-0.05, 0) is 36.6 Å². The minimum absolute atomic E-state index is 0.0920. The van der Waals surface area contributed by atoms with Crippen molar-refractivity contribution < 1.29 is 9.63 Å². The Morgan fingerprint density at radius 1 is 1.11 bits per heavy atom. The number of aromatic nitrogens is 2. The summed E-state index contributed by atoms with van der Waals surface area (Å²) in [5.41, 5.74) is 4.20. The van der Waals surface area contributed by atoms with Gasteiger partial charge in [-0.3, -0.25) is 9.09 Å². The summed E-state index contributed by atoms with van der Waals surface area (Å²) in [4.78, 5) is 11.9. The Kier molecular flexibility index (Phi) is 5.88. The number of hydrogen-bond acceptors (Lipinski definition) is 5. The molecule has 0 bridgehead atoms. The summed E-state index contributed by atoms with van der Waals surface area (Å²) in [5.74, 6) is -0.219. The first-order valence-corrected chi connectivity index (χ1v) is 8.82. The average molecular weight is 365 g/mol. The fourth-order valence-corrected chi connectivity index (χ4v) is 2.89. The van der Waals surface area contributed by atoms with Crippen LogP contribution in [0.25, 0.3) is 12.2 Å². The lowest BCUT2D eigenvalue weighted by Gasteiger charge is -2.16. The summed E-state index contributed by atoms with van der Waals surface area (Å²) in [5, 5.41) is 17.4. The van der Waals surface area contributed by atoms with E-state index in [4.69, 9.17) is 4.52 Å². The molecule has 3 aromatic rings. The number of nitrogens with one attached hydrogen (secondary N) is 1. The van der Waals surface area contributed by atoms with Crippen LogP contribution in [-0.2, 0) is 6.54 Å². The minimum atomic E-state index is -0.773. The minimum Gasteiger partial charge on any atom is -0.389 e. The van der Waals surface area contributed by atoms with E-state index in [-0.39, 0.29) is 6.54 Å². The predicted octanol–water partition coefficient (Wildman–Crippen LogP) is 3.10. The van der Waals surface area contributed by atoms with Gasteiger partial charge in [0.05, 0.1) is 12.6 Å². The van der Waals surface area contributed by atoms with Gasteiger partial charge in [-0.2, -0.15) is 0 Å². The zero-order valence-electron chi connectivity index (χ0n) is 15.4. The molecule has 1 atom stereocenters. The van der Waals surface area contributed by atoms with Crippen LogP contribution in [0.3, 0.4) is 0 Å². The molecule has 0 aliphatic heterocycles. The first kappa shape index (κ1) is 18.7. The van der Waals surface area contributed by atoms with Crippen molar-refractivity contribution in [1.82, 2.24) is 9.72 Å². The van der Waals surface area contributed by atoms with Crippen molar-refractivity contribution in [1.29, 1.82) is 0 Å². The molecule has 2 N–H and O–H groups in total. The van der Waals surface area contributed by atoms with Crippen LogP contribution in [0.15, 0.2) is 57.8 Å². The summed E-state index contributed by atoms with van der Waals surface area (Å²) in [6.07, 6.45) is 2.77. The van der Waals surface area contributed by atoms with Crippen LogP contribution < -0.4 is 11.1 Å². The highest BCUT2D eigenvalue weighted by atomic mass is 16.5. The molecule has 0 saturated carbocycles. The van der Waals surface area contributed by atoms with Crippen LogP contribution in [0.2, 0.25) is 0 Å². The van der Waals surface area contributed by atoms with Gasteiger partial charge >= 0.3 is 5.76 Å². The summed E-state index contributed by atoms with van der Waals surface area (Å²) < 4.78 is 6.09. The Labute approximate surface area is 157 Å². The lowest BCUT2D eigenvalue weighted by Crippen LogP contribution is -2.30. The number of aliphatic hydroxyl groups is 1. The van der Waals surface area contributed by atoms with Crippen LogP contribution in [0.1, 0.15) is 22.5 Å². The molecule has 0 aliphatic rings. The Hall–Kier alpha value is -3.12. The monoisotopic (exact) mass is 365 g/mol. The smallest absolute Gasteiger partial charge is 0.389 e. The first-order chi connectivity index (χ1) is 13.0. The van der Waals surface area contributed by atoms with E-state index < -0.39 is 11.9 Å². The largest absolute Gasteiger partial charge is 0.441 e. The van der Waals surface area contributed by atoms with E-state index >= 15 is 0 Å². The van der Waals surface area contributed by atoms with Crippen LogP contribution in [0.4, 0.5) is 5.69 Å². The summed E-state index contributed by atoms with van der Waals surface area (Å²) in [6, 6.07) is 15.7. The van der Waals surface area contributed by atoms with Crippen LogP contribution in [-0.4, -0.2) is 27.5 Å². The quantitative estimate of drug-likeness (QED) is 0.672. The molecule has 3 rings (SSSR count). The van der Waals surface area contributed by atoms with Crippen LogP contribution >= 0.6 is 0 Å². The standard InChI is InChI=1S/C21H23N3O3/c1-15-7-6-8-16(2)20(15)22-13-18(25)14-24-19(23-27-21(24)26)12-11-17-9-4-3-5-10-17/h3-12,18,22,25H,13-14H2,1-2H3/b12-11+. The van der Waals surface area contributed by atoms with Crippen molar-refractivity contribution in [3.8, 4) is 0 Å². The number of rotatable bonds is 7. The molecule has 1 aromatic heterocycles. The number of nitrogens with zero attached hydrogens (tertiary/aromatic N) is 2. The van der Waals surface area contributed by atoms with Gasteiger partial charge in [-0.25, -0.2) is 4.79 Å². The van der Waals surface area contributed by atoms with E-state index in [0.717, 1.165) is 22.4 Å². The summed E-state index contributed by atoms with van der Waals surface area (Å²) >= 11 is 0. The third-order valence-corrected chi connectivity index (χ3v) is 4.33. The second-order valence-electron chi connectivity index (χ2n) is 6.46. The molecule has 1 unspecified atom stereocenters. The molecule has 1 heterocycles. The fourth-order valence-electron chi connectivity index (χ4n) is 2.89. The number of aryl methyl sites for hydroxylation is 2. The van der Waals surface area contributed by atoms with Crippen molar-refractivity contribution in [2.75, 3.05) is 11.9 Å². The van der Waals surface area contributed by atoms with Crippen molar-refractivity contribution in [2.24, 2.45) is 0 Å². The second kappa shape index (κ2) is 8.51. The van der Waals surface area contributed by atoms with Crippen LogP contribution in [0.5, 0.6) is 0 Å². The lowest BCUT2D eigenvalue weighted by molar-refractivity contribution is 0.163. The fraction of sp³-hybridized carbons (Fsp3) is 0.238. The van der Waals surface area contributed by atoms with Crippen LogP contribution in [0, 0.1) is 13.8 Å². The molecule has 6 heteroatoms. The summed E-state index contributed by atoms with van der Waals surface area (Å²) in [6.45, 7) is 4.43.